The highest BCUT2D eigenvalue weighted by Gasteiger charge is 2.16. The summed E-state index contributed by atoms with van der Waals surface area (Å²) < 4.78 is 32.1. The third-order valence-corrected chi connectivity index (χ3v) is 6.04. The van der Waals surface area contributed by atoms with Gasteiger partial charge in [-0.15, -0.1) is 0 Å². The van der Waals surface area contributed by atoms with Crippen LogP contribution in [0.2, 0.25) is 0 Å². The molecule has 0 radical (unpaired) electrons. The molecule has 0 unspecified atom stereocenters. The van der Waals surface area contributed by atoms with Crippen LogP contribution in [0.4, 0.5) is 5.69 Å². The van der Waals surface area contributed by atoms with Crippen LogP contribution in [0.15, 0.2) is 58.0 Å². The number of rotatable bonds is 7. The first-order valence-corrected chi connectivity index (χ1v) is 10.6. The van der Waals surface area contributed by atoms with E-state index in [2.05, 4.69) is 15.0 Å². The maximum Gasteiger partial charge on any atom is 0.240 e. The molecule has 8 heteroatoms. The van der Waals surface area contributed by atoms with Crippen LogP contribution in [0.5, 0.6) is 0 Å². The van der Waals surface area contributed by atoms with Gasteiger partial charge in [-0.1, -0.05) is 35.9 Å². The molecule has 0 saturated carbocycles. The van der Waals surface area contributed by atoms with E-state index in [9.17, 15) is 13.2 Å². The number of amides is 1. The van der Waals surface area contributed by atoms with Crippen molar-refractivity contribution in [2.45, 2.75) is 31.6 Å². The van der Waals surface area contributed by atoms with Gasteiger partial charge in [0.25, 0.3) is 0 Å². The predicted octanol–water partition coefficient (Wildman–Crippen LogP) is 3.44. The van der Waals surface area contributed by atoms with Crippen LogP contribution >= 0.6 is 0 Å². The number of aromatic nitrogens is 1. The van der Waals surface area contributed by atoms with Gasteiger partial charge in [-0.25, -0.2) is 18.1 Å². The SMILES string of the molecule is CNS(=O)(=O)c1cc(NC(=O)CCc2ncc(-c3ccc(C)cc3)o2)ccc1C. The summed E-state index contributed by atoms with van der Waals surface area (Å²) in [5.74, 6) is 0.871. The molecule has 1 aromatic heterocycles. The van der Waals surface area contributed by atoms with Crippen molar-refractivity contribution in [1.82, 2.24) is 9.71 Å². The minimum Gasteiger partial charge on any atom is -0.441 e. The van der Waals surface area contributed by atoms with E-state index in [0.717, 1.165) is 11.1 Å². The number of oxazole rings is 1. The van der Waals surface area contributed by atoms with E-state index in [-0.39, 0.29) is 17.2 Å². The minimum absolute atomic E-state index is 0.133. The van der Waals surface area contributed by atoms with Crippen molar-refractivity contribution in [2.75, 3.05) is 12.4 Å². The summed E-state index contributed by atoms with van der Waals surface area (Å²) in [7, 11) is -2.25. The first-order valence-electron chi connectivity index (χ1n) is 9.14. The maximum atomic E-state index is 12.3. The van der Waals surface area contributed by atoms with E-state index in [1.807, 2.05) is 31.2 Å². The molecule has 0 spiro atoms. The van der Waals surface area contributed by atoms with Crippen LogP contribution in [0.3, 0.4) is 0 Å². The number of nitrogens with zero attached hydrogens (tertiary/aromatic N) is 1. The highest BCUT2D eigenvalue weighted by molar-refractivity contribution is 7.89. The van der Waals surface area contributed by atoms with Crippen LogP contribution in [0.25, 0.3) is 11.3 Å². The summed E-state index contributed by atoms with van der Waals surface area (Å²) in [4.78, 5) is 16.6. The third-order valence-electron chi connectivity index (χ3n) is 4.49. The Morgan fingerprint density at radius 1 is 1.10 bits per heavy atom. The highest BCUT2D eigenvalue weighted by atomic mass is 32.2. The van der Waals surface area contributed by atoms with Gasteiger partial charge in [0.15, 0.2) is 11.7 Å². The first kappa shape index (κ1) is 20.8. The number of sulfonamides is 1. The van der Waals surface area contributed by atoms with Gasteiger partial charge in [0.05, 0.1) is 11.1 Å². The Labute approximate surface area is 170 Å². The van der Waals surface area contributed by atoms with Gasteiger partial charge in [-0.3, -0.25) is 4.79 Å². The molecule has 7 nitrogen and oxygen atoms in total. The fourth-order valence-electron chi connectivity index (χ4n) is 2.80. The summed E-state index contributed by atoms with van der Waals surface area (Å²) in [5, 5.41) is 2.72. The van der Waals surface area contributed by atoms with Gasteiger partial charge in [0.2, 0.25) is 15.9 Å². The number of carbonyl (C=O) groups excluding carboxylic acids is 1. The van der Waals surface area contributed by atoms with E-state index in [1.165, 1.54) is 13.1 Å². The Hall–Kier alpha value is -2.97. The molecular formula is C21H23N3O4S. The Balaban J connectivity index is 1.62. The number of hydrogen-bond donors (Lipinski definition) is 2. The smallest absolute Gasteiger partial charge is 0.240 e. The van der Waals surface area contributed by atoms with Crippen LogP contribution < -0.4 is 10.0 Å². The van der Waals surface area contributed by atoms with Crippen LogP contribution in [-0.4, -0.2) is 26.4 Å². The molecule has 2 aromatic carbocycles. The quantitative estimate of drug-likeness (QED) is 0.618. The average Bonchev–Trinajstić information content (AvgIpc) is 3.17. The first-order chi connectivity index (χ1) is 13.8. The Bertz CT molecular complexity index is 1120. The number of anilines is 1. The van der Waals surface area contributed by atoms with E-state index in [4.69, 9.17) is 4.42 Å². The molecule has 0 saturated heterocycles. The van der Waals surface area contributed by atoms with Crippen molar-refractivity contribution in [3.63, 3.8) is 0 Å². The standard InChI is InChI=1S/C21H23N3O4S/c1-14-4-7-16(8-5-14)18-13-23-21(28-18)11-10-20(25)24-17-9-6-15(2)19(12-17)29(26,27)22-3/h4-9,12-13,22H,10-11H2,1-3H3,(H,24,25). The zero-order valence-electron chi connectivity index (χ0n) is 16.5. The molecule has 0 bridgehead atoms. The lowest BCUT2D eigenvalue weighted by molar-refractivity contribution is -0.116. The summed E-state index contributed by atoms with van der Waals surface area (Å²) in [5.41, 5.74) is 3.10. The Kier molecular flexibility index (Phi) is 6.14. The summed E-state index contributed by atoms with van der Waals surface area (Å²) in [6.45, 7) is 3.71. The highest BCUT2D eigenvalue weighted by Crippen LogP contribution is 2.22. The minimum atomic E-state index is -3.60. The van der Waals surface area contributed by atoms with Gasteiger partial charge < -0.3 is 9.73 Å². The second-order valence-corrected chi connectivity index (χ2v) is 8.58. The van der Waals surface area contributed by atoms with E-state index < -0.39 is 10.0 Å². The van der Waals surface area contributed by atoms with Crippen molar-refractivity contribution in [1.29, 1.82) is 0 Å². The summed E-state index contributed by atoms with van der Waals surface area (Å²) in [6.07, 6.45) is 2.15. The molecule has 29 heavy (non-hydrogen) atoms. The predicted molar refractivity (Wildman–Crippen MR) is 111 cm³/mol. The van der Waals surface area contributed by atoms with E-state index >= 15 is 0 Å². The van der Waals surface area contributed by atoms with Gasteiger partial charge in [0.1, 0.15) is 0 Å². The second-order valence-electron chi connectivity index (χ2n) is 6.72. The molecule has 3 aromatic rings. The molecule has 0 aliphatic rings. The monoisotopic (exact) mass is 413 g/mol. The maximum absolute atomic E-state index is 12.3. The lowest BCUT2D eigenvalue weighted by atomic mass is 10.1. The van der Waals surface area contributed by atoms with E-state index in [0.29, 0.717) is 29.3 Å². The van der Waals surface area contributed by atoms with Gasteiger partial charge in [-0.2, -0.15) is 0 Å². The number of hydrogen-bond acceptors (Lipinski definition) is 5. The normalized spacial score (nSPS) is 11.4. The summed E-state index contributed by atoms with van der Waals surface area (Å²) >= 11 is 0. The number of benzene rings is 2. The van der Waals surface area contributed by atoms with Crippen LogP contribution in [0.1, 0.15) is 23.4 Å². The van der Waals surface area contributed by atoms with Crippen molar-refractivity contribution < 1.29 is 17.6 Å². The average molecular weight is 413 g/mol. The molecule has 0 aliphatic heterocycles. The molecule has 1 amide bonds. The second kappa shape index (κ2) is 8.59. The Morgan fingerprint density at radius 3 is 2.52 bits per heavy atom. The topological polar surface area (TPSA) is 101 Å². The van der Waals surface area contributed by atoms with Crippen molar-refractivity contribution in [3.8, 4) is 11.3 Å². The lowest BCUT2D eigenvalue weighted by Crippen LogP contribution is -2.20. The largest absolute Gasteiger partial charge is 0.441 e. The zero-order valence-corrected chi connectivity index (χ0v) is 17.3. The van der Waals surface area contributed by atoms with Gasteiger partial charge in [0, 0.05) is 24.1 Å². The van der Waals surface area contributed by atoms with Crippen LogP contribution in [0, 0.1) is 13.8 Å². The molecular weight excluding hydrogens is 390 g/mol. The molecule has 0 atom stereocenters. The third kappa shape index (κ3) is 5.10. The fraction of sp³-hybridized carbons (Fsp3) is 0.238. The molecule has 0 fully saturated rings. The fourth-order valence-corrected chi connectivity index (χ4v) is 3.79. The molecule has 2 N–H and O–H groups in total. The lowest BCUT2D eigenvalue weighted by Gasteiger charge is -2.10. The zero-order chi connectivity index (χ0) is 21.0. The van der Waals surface area contributed by atoms with Crippen molar-refractivity contribution >= 4 is 21.6 Å². The molecule has 0 aliphatic carbocycles. The number of nitrogens with one attached hydrogen (secondary N) is 2. The molecule has 1 heterocycles. The van der Waals surface area contributed by atoms with Gasteiger partial charge in [-0.05, 0) is 38.6 Å². The van der Waals surface area contributed by atoms with E-state index in [1.54, 1.807) is 25.3 Å². The van der Waals surface area contributed by atoms with Crippen molar-refractivity contribution in [2.24, 2.45) is 0 Å². The molecule has 3 rings (SSSR count). The molecule has 152 valence electrons. The van der Waals surface area contributed by atoms with Gasteiger partial charge >= 0.3 is 0 Å². The number of aryl methyl sites for hydroxylation is 3. The Morgan fingerprint density at radius 2 is 1.83 bits per heavy atom. The van der Waals surface area contributed by atoms with Crippen molar-refractivity contribution in [3.05, 3.63) is 65.7 Å². The summed E-state index contributed by atoms with van der Waals surface area (Å²) in [6, 6.07) is 12.7. The van der Waals surface area contributed by atoms with Crippen LogP contribution in [-0.2, 0) is 21.2 Å². The number of carbonyl (C=O) groups is 1.